The van der Waals surface area contributed by atoms with Crippen LogP contribution in [0.5, 0.6) is 0 Å². The largest absolute Gasteiger partial charge is 0.480 e. The number of carboxylic acid groups (broad SMARTS) is 1. The highest BCUT2D eigenvalue weighted by Gasteiger charge is 2.39. The average molecular weight is 259 g/mol. The first kappa shape index (κ1) is 14.9. The van der Waals surface area contributed by atoms with Crippen molar-refractivity contribution in [3.63, 3.8) is 0 Å². The van der Waals surface area contributed by atoms with E-state index in [0.717, 1.165) is 6.42 Å². The average Bonchev–Trinajstić information content (AvgIpc) is 2.79. The van der Waals surface area contributed by atoms with Crippen molar-refractivity contribution in [2.75, 3.05) is 20.3 Å². The molecule has 0 saturated carbocycles. The molecule has 1 amide bonds. The van der Waals surface area contributed by atoms with Crippen molar-refractivity contribution >= 4 is 11.9 Å². The quantitative estimate of drug-likeness (QED) is 0.751. The van der Waals surface area contributed by atoms with Gasteiger partial charge in [0.15, 0.2) is 0 Å². The van der Waals surface area contributed by atoms with Gasteiger partial charge in [0.2, 0.25) is 5.91 Å². The molecule has 1 fully saturated rings. The Kier molecular flexibility index (Phi) is 5.55. The molecule has 104 valence electrons. The summed E-state index contributed by atoms with van der Waals surface area (Å²) in [6.07, 6.45) is 0.939. The van der Waals surface area contributed by atoms with E-state index in [2.05, 4.69) is 0 Å². The molecule has 6 nitrogen and oxygen atoms in total. The monoisotopic (exact) mass is 259 g/mol. The molecule has 0 aromatic heterocycles. The van der Waals surface area contributed by atoms with Gasteiger partial charge in [0.25, 0.3) is 0 Å². The maximum Gasteiger partial charge on any atom is 0.326 e. The number of aliphatic carboxylic acids is 1. The molecule has 6 heteroatoms. The van der Waals surface area contributed by atoms with Gasteiger partial charge in [-0.25, -0.2) is 4.79 Å². The summed E-state index contributed by atoms with van der Waals surface area (Å²) in [6, 6.07) is -0.803. The third-order valence-corrected chi connectivity index (χ3v) is 3.27. The maximum absolute atomic E-state index is 11.9. The number of nitrogens with zero attached hydrogens (tertiary/aromatic N) is 1. The molecule has 0 bridgehead atoms. The number of carboxylic acids is 1. The highest BCUT2D eigenvalue weighted by Crippen LogP contribution is 2.20. The van der Waals surface area contributed by atoms with Crippen LogP contribution in [0.1, 0.15) is 26.7 Å². The number of rotatable bonds is 6. The van der Waals surface area contributed by atoms with Crippen molar-refractivity contribution in [2.24, 2.45) is 0 Å². The molecule has 3 atom stereocenters. The second-order valence-electron chi connectivity index (χ2n) is 4.52. The van der Waals surface area contributed by atoms with Crippen LogP contribution in [0, 0.1) is 0 Å². The van der Waals surface area contributed by atoms with Crippen molar-refractivity contribution in [3.05, 3.63) is 0 Å². The topological polar surface area (TPSA) is 76.1 Å². The molecule has 1 saturated heterocycles. The van der Waals surface area contributed by atoms with E-state index in [1.165, 1.54) is 12.0 Å². The predicted molar refractivity (Wildman–Crippen MR) is 64.3 cm³/mol. The molecule has 1 heterocycles. The Bertz CT molecular complexity index is 307. The van der Waals surface area contributed by atoms with Crippen LogP contribution < -0.4 is 0 Å². The summed E-state index contributed by atoms with van der Waals surface area (Å²) in [4.78, 5) is 24.3. The normalized spacial score (nSPS) is 25.2. The van der Waals surface area contributed by atoms with Crippen LogP contribution in [-0.2, 0) is 19.1 Å². The fourth-order valence-electron chi connectivity index (χ4n) is 1.89. The predicted octanol–water partition coefficient (Wildman–Crippen LogP) is 0.502. The van der Waals surface area contributed by atoms with Crippen LogP contribution in [-0.4, -0.2) is 60.4 Å². The van der Waals surface area contributed by atoms with Gasteiger partial charge in [-0.15, -0.1) is 0 Å². The number of methoxy groups -OCH3 is 1. The zero-order valence-corrected chi connectivity index (χ0v) is 11.1. The molecule has 18 heavy (non-hydrogen) atoms. The van der Waals surface area contributed by atoms with E-state index >= 15 is 0 Å². The number of hydrogen-bond donors (Lipinski definition) is 1. The summed E-state index contributed by atoms with van der Waals surface area (Å²) in [6.45, 7) is 4.08. The van der Waals surface area contributed by atoms with Gasteiger partial charge in [0, 0.05) is 20.1 Å². The standard InChI is InChI=1S/C12H21NO5/c1-4-8(2)18-7-11(14)13-6-9(17-3)5-10(13)12(15)16/h8-10H,4-7H2,1-3H3,(H,15,16). The molecule has 1 aliphatic heterocycles. The van der Waals surface area contributed by atoms with Gasteiger partial charge in [-0.05, 0) is 13.3 Å². The van der Waals surface area contributed by atoms with Crippen LogP contribution >= 0.6 is 0 Å². The van der Waals surface area contributed by atoms with E-state index in [0.29, 0.717) is 13.0 Å². The Morgan fingerprint density at radius 2 is 2.17 bits per heavy atom. The first-order valence-corrected chi connectivity index (χ1v) is 6.16. The van der Waals surface area contributed by atoms with E-state index < -0.39 is 12.0 Å². The van der Waals surface area contributed by atoms with Crippen LogP contribution in [0.15, 0.2) is 0 Å². The Morgan fingerprint density at radius 3 is 2.67 bits per heavy atom. The highest BCUT2D eigenvalue weighted by molar-refractivity contribution is 5.85. The van der Waals surface area contributed by atoms with Crippen LogP contribution in [0.4, 0.5) is 0 Å². The van der Waals surface area contributed by atoms with Gasteiger partial charge in [-0.2, -0.15) is 0 Å². The highest BCUT2D eigenvalue weighted by atomic mass is 16.5. The second kappa shape index (κ2) is 6.70. The van der Waals surface area contributed by atoms with Crippen molar-refractivity contribution in [1.82, 2.24) is 4.90 Å². The molecule has 3 unspecified atom stereocenters. The van der Waals surface area contributed by atoms with Gasteiger partial charge in [0.1, 0.15) is 12.6 Å². The molecule has 1 rings (SSSR count). The first-order chi connectivity index (χ1) is 8.49. The zero-order valence-electron chi connectivity index (χ0n) is 11.1. The number of likely N-dealkylation sites (tertiary alicyclic amines) is 1. The third-order valence-electron chi connectivity index (χ3n) is 3.27. The number of ether oxygens (including phenoxy) is 2. The van der Waals surface area contributed by atoms with E-state index in [1.807, 2.05) is 13.8 Å². The third kappa shape index (κ3) is 3.68. The Balaban J connectivity index is 2.56. The lowest BCUT2D eigenvalue weighted by atomic mass is 10.2. The van der Waals surface area contributed by atoms with Gasteiger partial charge in [-0.3, -0.25) is 4.79 Å². The Morgan fingerprint density at radius 1 is 1.50 bits per heavy atom. The zero-order chi connectivity index (χ0) is 13.7. The Hall–Kier alpha value is -1.14. The minimum absolute atomic E-state index is 0.00180. The molecule has 0 aromatic carbocycles. The van der Waals surface area contributed by atoms with E-state index in [4.69, 9.17) is 14.6 Å². The van der Waals surface area contributed by atoms with Crippen LogP contribution in [0.2, 0.25) is 0 Å². The molecule has 0 aliphatic carbocycles. The molecule has 0 spiro atoms. The molecule has 1 N–H and O–H groups in total. The van der Waals surface area contributed by atoms with Crippen LogP contribution in [0.25, 0.3) is 0 Å². The lowest BCUT2D eigenvalue weighted by molar-refractivity contribution is -0.150. The van der Waals surface area contributed by atoms with Crippen molar-refractivity contribution in [3.8, 4) is 0 Å². The minimum Gasteiger partial charge on any atom is -0.480 e. The number of carbonyl (C=O) groups excluding carboxylic acids is 1. The summed E-state index contributed by atoms with van der Waals surface area (Å²) >= 11 is 0. The van der Waals surface area contributed by atoms with Gasteiger partial charge < -0.3 is 19.5 Å². The van der Waals surface area contributed by atoms with Crippen LogP contribution in [0.3, 0.4) is 0 Å². The number of hydrogen-bond acceptors (Lipinski definition) is 4. The summed E-state index contributed by atoms with van der Waals surface area (Å²) in [7, 11) is 1.52. The fraction of sp³-hybridized carbons (Fsp3) is 0.833. The van der Waals surface area contributed by atoms with Gasteiger partial charge in [0.05, 0.1) is 12.2 Å². The first-order valence-electron chi connectivity index (χ1n) is 6.16. The summed E-state index contributed by atoms with van der Waals surface area (Å²) in [5, 5.41) is 9.08. The molecular formula is C12H21NO5. The summed E-state index contributed by atoms with van der Waals surface area (Å²) in [5.74, 6) is -1.28. The Labute approximate surface area is 107 Å². The smallest absolute Gasteiger partial charge is 0.326 e. The fourth-order valence-corrected chi connectivity index (χ4v) is 1.89. The van der Waals surface area contributed by atoms with Crippen molar-refractivity contribution in [2.45, 2.75) is 44.9 Å². The van der Waals surface area contributed by atoms with Crippen molar-refractivity contribution in [1.29, 1.82) is 0 Å². The minimum atomic E-state index is -0.994. The number of carbonyl (C=O) groups is 2. The maximum atomic E-state index is 11.9. The van der Waals surface area contributed by atoms with Gasteiger partial charge >= 0.3 is 5.97 Å². The summed E-state index contributed by atoms with van der Waals surface area (Å²) < 4.78 is 10.5. The van der Waals surface area contributed by atoms with E-state index in [-0.39, 0.29) is 24.7 Å². The SMILES string of the molecule is CCC(C)OCC(=O)N1CC(OC)CC1C(=O)O. The lowest BCUT2D eigenvalue weighted by Gasteiger charge is -2.22. The number of amides is 1. The van der Waals surface area contributed by atoms with Gasteiger partial charge in [-0.1, -0.05) is 6.92 Å². The van der Waals surface area contributed by atoms with E-state index in [1.54, 1.807) is 0 Å². The molecule has 0 aromatic rings. The van der Waals surface area contributed by atoms with Crippen molar-refractivity contribution < 1.29 is 24.2 Å². The molecule has 0 radical (unpaired) electrons. The molecular weight excluding hydrogens is 238 g/mol. The lowest BCUT2D eigenvalue weighted by Crippen LogP contribution is -2.42. The second-order valence-corrected chi connectivity index (χ2v) is 4.52. The molecule has 1 aliphatic rings. The summed E-state index contributed by atoms with van der Waals surface area (Å²) in [5.41, 5.74) is 0. The van der Waals surface area contributed by atoms with E-state index in [9.17, 15) is 9.59 Å².